The van der Waals surface area contributed by atoms with E-state index in [0.717, 1.165) is 5.56 Å². The zero-order valence-electron chi connectivity index (χ0n) is 15.1. The number of likely N-dealkylation sites (N-methyl/N-ethyl adjacent to an activating group) is 1. The van der Waals surface area contributed by atoms with Crippen molar-refractivity contribution in [3.63, 3.8) is 0 Å². The molecule has 0 saturated carbocycles. The Balaban J connectivity index is 1.55. The van der Waals surface area contributed by atoms with Crippen LogP contribution in [0.1, 0.15) is 5.56 Å². The molecule has 1 atom stereocenters. The summed E-state index contributed by atoms with van der Waals surface area (Å²) in [6.07, 6.45) is 2.52. The highest BCUT2D eigenvalue weighted by atomic mass is 35.5. The van der Waals surface area contributed by atoms with Crippen LogP contribution in [0.4, 0.5) is 10.6 Å². The fourth-order valence-corrected chi connectivity index (χ4v) is 3.10. The SMILES string of the molecule is CN1CC(COc2cncc3c(NCc4ccccc4)nc(Cl)nc23)OC1=O. The van der Waals surface area contributed by atoms with Gasteiger partial charge in [0.25, 0.3) is 0 Å². The van der Waals surface area contributed by atoms with Crippen LogP contribution in [-0.2, 0) is 11.3 Å². The number of halogens is 1. The van der Waals surface area contributed by atoms with Gasteiger partial charge in [0.15, 0.2) is 11.9 Å². The molecule has 1 aromatic carbocycles. The summed E-state index contributed by atoms with van der Waals surface area (Å²) in [7, 11) is 1.68. The zero-order chi connectivity index (χ0) is 19.5. The van der Waals surface area contributed by atoms with E-state index in [1.54, 1.807) is 19.4 Å². The summed E-state index contributed by atoms with van der Waals surface area (Å²) >= 11 is 6.13. The molecule has 0 radical (unpaired) electrons. The first-order chi connectivity index (χ1) is 13.6. The maximum Gasteiger partial charge on any atom is 0.410 e. The predicted molar refractivity (Wildman–Crippen MR) is 105 cm³/mol. The summed E-state index contributed by atoms with van der Waals surface area (Å²) in [5, 5.41) is 4.07. The van der Waals surface area contributed by atoms with E-state index >= 15 is 0 Å². The van der Waals surface area contributed by atoms with Crippen molar-refractivity contribution >= 4 is 34.4 Å². The second-order valence-corrected chi connectivity index (χ2v) is 6.75. The number of amides is 1. The third-order valence-electron chi connectivity index (χ3n) is 4.33. The number of benzene rings is 1. The number of hydrogen-bond acceptors (Lipinski definition) is 7. The number of hydrogen-bond donors (Lipinski definition) is 1. The molecule has 1 aliphatic rings. The molecule has 4 rings (SSSR count). The zero-order valence-corrected chi connectivity index (χ0v) is 15.9. The molecule has 0 aliphatic carbocycles. The number of carbonyl (C=O) groups is 1. The van der Waals surface area contributed by atoms with Gasteiger partial charge in [0.05, 0.1) is 18.1 Å². The minimum absolute atomic E-state index is 0.103. The van der Waals surface area contributed by atoms with E-state index in [2.05, 4.69) is 20.3 Å². The highest BCUT2D eigenvalue weighted by molar-refractivity contribution is 6.28. The van der Waals surface area contributed by atoms with Crippen LogP contribution in [0.3, 0.4) is 0 Å². The molecule has 144 valence electrons. The predicted octanol–water partition coefficient (Wildman–Crippen LogP) is 3.12. The van der Waals surface area contributed by atoms with E-state index in [1.807, 2.05) is 30.3 Å². The first-order valence-corrected chi connectivity index (χ1v) is 9.11. The second-order valence-electron chi connectivity index (χ2n) is 6.41. The molecule has 1 unspecified atom stereocenters. The quantitative estimate of drug-likeness (QED) is 0.637. The van der Waals surface area contributed by atoms with Crippen molar-refractivity contribution < 1.29 is 14.3 Å². The first kappa shape index (κ1) is 18.2. The average Bonchev–Trinajstić information content (AvgIpc) is 3.03. The molecule has 3 aromatic rings. The van der Waals surface area contributed by atoms with Crippen LogP contribution >= 0.6 is 11.6 Å². The fourth-order valence-electron chi connectivity index (χ4n) is 2.93. The normalized spacial score (nSPS) is 16.3. The van der Waals surface area contributed by atoms with E-state index in [4.69, 9.17) is 21.1 Å². The molecule has 1 N–H and O–H groups in total. The Bertz CT molecular complexity index is 1000. The maximum absolute atomic E-state index is 11.5. The van der Waals surface area contributed by atoms with Gasteiger partial charge >= 0.3 is 6.09 Å². The molecular weight excluding hydrogens is 382 g/mol. The van der Waals surface area contributed by atoms with Crippen molar-refractivity contribution in [1.82, 2.24) is 19.9 Å². The van der Waals surface area contributed by atoms with Crippen LogP contribution in [0.25, 0.3) is 10.9 Å². The molecule has 1 aliphatic heterocycles. The van der Waals surface area contributed by atoms with Crippen LogP contribution in [0.5, 0.6) is 5.75 Å². The molecule has 9 heteroatoms. The van der Waals surface area contributed by atoms with Gasteiger partial charge in [-0.25, -0.2) is 14.8 Å². The number of nitrogens with one attached hydrogen (secondary N) is 1. The van der Waals surface area contributed by atoms with Gasteiger partial charge in [-0.3, -0.25) is 4.98 Å². The number of aromatic nitrogens is 3. The lowest BCUT2D eigenvalue weighted by molar-refractivity contribution is 0.103. The van der Waals surface area contributed by atoms with Crippen molar-refractivity contribution in [2.24, 2.45) is 0 Å². The van der Waals surface area contributed by atoms with Gasteiger partial charge < -0.3 is 19.7 Å². The largest absolute Gasteiger partial charge is 0.486 e. The van der Waals surface area contributed by atoms with Crippen LogP contribution in [0, 0.1) is 0 Å². The molecule has 3 heterocycles. The van der Waals surface area contributed by atoms with Gasteiger partial charge in [-0.05, 0) is 17.2 Å². The van der Waals surface area contributed by atoms with Gasteiger partial charge in [-0.2, -0.15) is 0 Å². The van der Waals surface area contributed by atoms with E-state index in [9.17, 15) is 4.79 Å². The number of ether oxygens (including phenoxy) is 2. The Kier molecular flexibility index (Phi) is 5.12. The number of cyclic esters (lactones) is 1. The number of rotatable bonds is 6. The Morgan fingerprint density at radius 3 is 2.86 bits per heavy atom. The minimum atomic E-state index is -0.359. The number of carbonyl (C=O) groups excluding carboxylic acids is 1. The molecule has 2 aromatic heterocycles. The molecule has 0 bridgehead atoms. The van der Waals surface area contributed by atoms with Gasteiger partial charge in [0, 0.05) is 19.8 Å². The van der Waals surface area contributed by atoms with Gasteiger partial charge in [-0.15, -0.1) is 0 Å². The Morgan fingerprint density at radius 2 is 2.11 bits per heavy atom. The Hall–Kier alpha value is -3.13. The van der Waals surface area contributed by atoms with Crippen molar-refractivity contribution in [2.75, 3.05) is 25.5 Å². The lowest BCUT2D eigenvalue weighted by atomic mass is 10.2. The van der Waals surface area contributed by atoms with Crippen LogP contribution in [-0.4, -0.2) is 52.2 Å². The third-order valence-corrected chi connectivity index (χ3v) is 4.50. The Morgan fingerprint density at radius 1 is 1.29 bits per heavy atom. The molecule has 1 saturated heterocycles. The Labute approximate surface area is 166 Å². The first-order valence-electron chi connectivity index (χ1n) is 8.74. The molecular formula is C19H18ClN5O3. The smallest absolute Gasteiger partial charge is 0.410 e. The number of fused-ring (bicyclic) bond motifs is 1. The van der Waals surface area contributed by atoms with E-state index in [-0.39, 0.29) is 24.1 Å². The summed E-state index contributed by atoms with van der Waals surface area (Å²) in [5.74, 6) is 1.03. The third kappa shape index (κ3) is 3.91. The maximum atomic E-state index is 11.5. The van der Waals surface area contributed by atoms with E-state index in [1.165, 1.54) is 4.90 Å². The fraction of sp³-hybridized carbons (Fsp3) is 0.263. The van der Waals surface area contributed by atoms with Crippen molar-refractivity contribution in [3.8, 4) is 5.75 Å². The summed E-state index contributed by atoms with van der Waals surface area (Å²) < 4.78 is 11.0. The number of anilines is 1. The van der Waals surface area contributed by atoms with Crippen LogP contribution in [0.15, 0.2) is 42.7 Å². The van der Waals surface area contributed by atoms with Crippen LogP contribution in [0.2, 0.25) is 5.28 Å². The summed E-state index contributed by atoms with van der Waals surface area (Å²) in [5.41, 5.74) is 1.65. The summed E-state index contributed by atoms with van der Waals surface area (Å²) in [4.78, 5) is 25.8. The standard InChI is InChI=1S/C19H18ClN5O3/c1-25-10-13(28-19(25)26)11-27-15-9-21-8-14-16(15)23-18(20)24-17(14)22-7-12-5-3-2-4-6-12/h2-6,8-9,13H,7,10-11H2,1H3,(H,22,23,24). The molecule has 0 spiro atoms. The van der Waals surface area contributed by atoms with Crippen molar-refractivity contribution in [3.05, 3.63) is 53.6 Å². The topological polar surface area (TPSA) is 89.5 Å². The van der Waals surface area contributed by atoms with Crippen LogP contribution < -0.4 is 10.1 Å². The van der Waals surface area contributed by atoms with Crippen molar-refractivity contribution in [2.45, 2.75) is 12.6 Å². The highest BCUT2D eigenvalue weighted by Gasteiger charge is 2.29. The van der Waals surface area contributed by atoms with E-state index < -0.39 is 0 Å². The molecule has 8 nitrogen and oxygen atoms in total. The number of pyridine rings is 1. The second kappa shape index (κ2) is 7.85. The van der Waals surface area contributed by atoms with Gasteiger partial charge in [-0.1, -0.05) is 30.3 Å². The lowest BCUT2D eigenvalue weighted by Crippen LogP contribution is -2.23. The molecule has 1 fully saturated rings. The summed E-state index contributed by atoms with van der Waals surface area (Å²) in [6, 6.07) is 9.95. The van der Waals surface area contributed by atoms with Gasteiger partial charge in [0.1, 0.15) is 17.9 Å². The minimum Gasteiger partial charge on any atom is -0.486 e. The summed E-state index contributed by atoms with van der Waals surface area (Å²) in [6.45, 7) is 1.25. The lowest BCUT2D eigenvalue weighted by Gasteiger charge is -2.13. The van der Waals surface area contributed by atoms with Gasteiger partial charge in [0.2, 0.25) is 5.28 Å². The average molecular weight is 400 g/mol. The molecule has 1 amide bonds. The monoisotopic (exact) mass is 399 g/mol. The number of nitrogens with zero attached hydrogens (tertiary/aromatic N) is 4. The van der Waals surface area contributed by atoms with E-state index in [0.29, 0.717) is 35.6 Å². The van der Waals surface area contributed by atoms with Crippen molar-refractivity contribution in [1.29, 1.82) is 0 Å². The highest BCUT2D eigenvalue weighted by Crippen LogP contribution is 2.29. The molecule has 28 heavy (non-hydrogen) atoms.